The predicted molar refractivity (Wildman–Crippen MR) is 93.6 cm³/mol. The van der Waals surface area contributed by atoms with Crippen LogP contribution in [0.1, 0.15) is 39.9 Å². The fourth-order valence-electron chi connectivity index (χ4n) is 3.54. The van der Waals surface area contributed by atoms with Crippen LogP contribution in [-0.4, -0.2) is 18.5 Å². The number of amides is 1. The molecule has 0 spiro atoms. The molecule has 2 aromatic rings. The Bertz CT molecular complexity index is 703. The van der Waals surface area contributed by atoms with Gasteiger partial charge in [-0.2, -0.15) is 0 Å². The zero-order valence-corrected chi connectivity index (χ0v) is 13.8. The van der Waals surface area contributed by atoms with Gasteiger partial charge in [-0.05, 0) is 43.9 Å². The smallest absolute Gasteiger partial charge is 0.251 e. The van der Waals surface area contributed by atoms with E-state index in [1.165, 1.54) is 5.56 Å². The van der Waals surface area contributed by atoms with E-state index in [-0.39, 0.29) is 17.4 Å². The minimum atomic E-state index is 0.0147. The highest BCUT2D eigenvalue weighted by Gasteiger charge is 2.45. The van der Waals surface area contributed by atoms with Crippen molar-refractivity contribution in [3.63, 3.8) is 0 Å². The Labute approximate surface area is 137 Å². The van der Waals surface area contributed by atoms with Gasteiger partial charge in [0.05, 0.1) is 0 Å². The first kappa shape index (κ1) is 15.8. The quantitative estimate of drug-likeness (QED) is 0.912. The third-order valence-electron chi connectivity index (χ3n) is 5.02. The highest BCUT2D eigenvalue weighted by Crippen LogP contribution is 2.43. The van der Waals surface area contributed by atoms with Gasteiger partial charge < -0.3 is 11.1 Å². The first-order chi connectivity index (χ1) is 11.0. The Morgan fingerprint density at radius 1 is 1.17 bits per heavy atom. The first-order valence-corrected chi connectivity index (χ1v) is 8.18. The molecule has 0 aliphatic heterocycles. The SMILES string of the molecule is Cc1ccc(C)c(C(=O)NC2CC(CN)(c3ccccc3)C2)c1. The Kier molecular flexibility index (Phi) is 4.22. The molecule has 1 aliphatic rings. The molecule has 3 nitrogen and oxygen atoms in total. The van der Waals surface area contributed by atoms with E-state index < -0.39 is 0 Å². The third kappa shape index (κ3) is 3.02. The van der Waals surface area contributed by atoms with Crippen LogP contribution in [0.3, 0.4) is 0 Å². The second-order valence-electron chi connectivity index (χ2n) is 6.75. The van der Waals surface area contributed by atoms with Gasteiger partial charge in [-0.25, -0.2) is 0 Å². The summed E-state index contributed by atoms with van der Waals surface area (Å²) >= 11 is 0. The Hall–Kier alpha value is -2.13. The molecule has 3 N–H and O–H groups in total. The van der Waals surface area contributed by atoms with Crippen molar-refractivity contribution in [1.29, 1.82) is 0 Å². The summed E-state index contributed by atoms with van der Waals surface area (Å²) in [4.78, 5) is 12.5. The third-order valence-corrected chi connectivity index (χ3v) is 5.02. The molecule has 1 amide bonds. The van der Waals surface area contributed by atoms with Crippen molar-refractivity contribution in [3.8, 4) is 0 Å². The van der Waals surface area contributed by atoms with Crippen molar-refractivity contribution in [2.75, 3.05) is 6.54 Å². The van der Waals surface area contributed by atoms with Crippen molar-refractivity contribution in [2.24, 2.45) is 5.73 Å². The highest BCUT2D eigenvalue weighted by atomic mass is 16.1. The molecule has 3 rings (SSSR count). The average molecular weight is 308 g/mol. The normalized spacial score (nSPS) is 23.2. The van der Waals surface area contributed by atoms with Crippen LogP contribution in [0, 0.1) is 13.8 Å². The van der Waals surface area contributed by atoms with Crippen LogP contribution in [0.5, 0.6) is 0 Å². The number of carbonyl (C=O) groups excluding carboxylic acids is 1. The second-order valence-corrected chi connectivity index (χ2v) is 6.75. The van der Waals surface area contributed by atoms with E-state index in [1.807, 2.05) is 38.1 Å². The molecular formula is C20H24N2O. The molecule has 23 heavy (non-hydrogen) atoms. The molecule has 1 aliphatic carbocycles. The molecule has 1 fully saturated rings. The maximum absolute atomic E-state index is 12.5. The summed E-state index contributed by atoms with van der Waals surface area (Å²) in [5, 5.41) is 3.17. The number of nitrogens with two attached hydrogens (primary N) is 1. The van der Waals surface area contributed by atoms with E-state index in [9.17, 15) is 4.79 Å². The van der Waals surface area contributed by atoms with E-state index in [0.29, 0.717) is 6.54 Å². The van der Waals surface area contributed by atoms with Crippen LogP contribution in [-0.2, 0) is 5.41 Å². The minimum Gasteiger partial charge on any atom is -0.349 e. The average Bonchev–Trinajstić information content (AvgIpc) is 2.53. The van der Waals surface area contributed by atoms with Gasteiger partial charge in [0.15, 0.2) is 0 Å². The van der Waals surface area contributed by atoms with E-state index in [4.69, 9.17) is 5.73 Å². The van der Waals surface area contributed by atoms with Gasteiger partial charge in [0.1, 0.15) is 0 Å². The van der Waals surface area contributed by atoms with Gasteiger partial charge in [-0.15, -0.1) is 0 Å². The van der Waals surface area contributed by atoms with Gasteiger partial charge in [0, 0.05) is 23.6 Å². The number of aryl methyl sites for hydroxylation is 2. The van der Waals surface area contributed by atoms with Crippen LogP contribution in [0.15, 0.2) is 48.5 Å². The fourth-order valence-corrected chi connectivity index (χ4v) is 3.54. The van der Waals surface area contributed by atoms with Gasteiger partial charge in [0.2, 0.25) is 0 Å². The zero-order valence-electron chi connectivity index (χ0n) is 13.8. The Morgan fingerprint density at radius 3 is 2.52 bits per heavy atom. The maximum Gasteiger partial charge on any atom is 0.251 e. The summed E-state index contributed by atoms with van der Waals surface area (Å²) in [6, 6.07) is 16.6. The summed E-state index contributed by atoms with van der Waals surface area (Å²) in [6.45, 7) is 4.60. The minimum absolute atomic E-state index is 0.0147. The van der Waals surface area contributed by atoms with E-state index in [2.05, 4.69) is 29.6 Å². The summed E-state index contributed by atoms with van der Waals surface area (Å²) in [5.41, 5.74) is 10.2. The second kappa shape index (κ2) is 6.17. The molecular weight excluding hydrogens is 284 g/mol. The first-order valence-electron chi connectivity index (χ1n) is 8.18. The summed E-state index contributed by atoms with van der Waals surface area (Å²) < 4.78 is 0. The lowest BCUT2D eigenvalue weighted by Gasteiger charge is -2.48. The number of carbonyl (C=O) groups is 1. The van der Waals surface area contributed by atoms with Crippen LogP contribution in [0.2, 0.25) is 0 Å². The lowest BCUT2D eigenvalue weighted by atomic mass is 9.61. The number of nitrogens with one attached hydrogen (secondary N) is 1. The van der Waals surface area contributed by atoms with Crippen LogP contribution in [0.25, 0.3) is 0 Å². The van der Waals surface area contributed by atoms with Gasteiger partial charge in [-0.1, -0.05) is 48.0 Å². The fraction of sp³-hybridized carbons (Fsp3) is 0.350. The van der Waals surface area contributed by atoms with E-state index in [1.54, 1.807) is 0 Å². The van der Waals surface area contributed by atoms with Crippen LogP contribution >= 0.6 is 0 Å². The molecule has 0 heterocycles. The topological polar surface area (TPSA) is 55.1 Å². The van der Waals surface area contributed by atoms with Gasteiger partial charge in [-0.3, -0.25) is 4.79 Å². The van der Waals surface area contributed by atoms with E-state index in [0.717, 1.165) is 29.5 Å². The number of rotatable bonds is 4. The number of hydrogen-bond acceptors (Lipinski definition) is 2. The highest BCUT2D eigenvalue weighted by molar-refractivity contribution is 5.96. The molecule has 0 bridgehead atoms. The lowest BCUT2D eigenvalue weighted by Crippen LogP contribution is -2.56. The molecule has 3 heteroatoms. The molecule has 0 radical (unpaired) electrons. The molecule has 120 valence electrons. The van der Waals surface area contributed by atoms with Crippen molar-refractivity contribution < 1.29 is 4.79 Å². The molecule has 0 unspecified atom stereocenters. The largest absolute Gasteiger partial charge is 0.349 e. The predicted octanol–water partition coefficient (Wildman–Crippen LogP) is 3.09. The van der Waals surface area contributed by atoms with Crippen LogP contribution < -0.4 is 11.1 Å². The Morgan fingerprint density at radius 2 is 1.87 bits per heavy atom. The zero-order chi connectivity index (χ0) is 16.4. The number of hydrogen-bond donors (Lipinski definition) is 2. The molecule has 0 atom stereocenters. The van der Waals surface area contributed by atoms with Crippen molar-refractivity contribution in [2.45, 2.75) is 38.1 Å². The summed E-state index contributed by atoms with van der Waals surface area (Å²) in [5.74, 6) is 0.0230. The van der Waals surface area contributed by atoms with Gasteiger partial charge >= 0.3 is 0 Å². The maximum atomic E-state index is 12.5. The van der Waals surface area contributed by atoms with E-state index >= 15 is 0 Å². The van der Waals surface area contributed by atoms with Crippen molar-refractivity contribution in [3.05, 3.63) is 70.8 Å². The monoisotopic (exact) mass is 308 g/mol. The lowest BCUT2D eigenvalue weighted by molar-refractivity contribution is 0.0866. The summed E-state index contributed by atoms with van der Waals surface area (Å²) in [6.07, 6.45) is 1.81. The number of benzene rings is 2. The molecule has 1 saturated carbocycles. The molecule has 2 aromatic carbocycles. The molecule has 0 aromatic heterocycles. The summed E-state index contributed by atoms with van der Waals surface area (Å²) in [7, 11) is 0. The van der Waals surface area contributed by atoms with Gasteiger partial charge in [0.25, 0.3) is 5.91 Å². The standard InChI is InChI=1S/C20H24N2O/c1-14-8-9-15(2)18(10-14)19(23)22-17-11-20(12-17,13-21)16-6-4-3-5-7-16/h3-10,17H,11-13,21H2,1-2H3,(H,22,23). The van der Waals surface area contributed by atoms with Crippen LogP contribution in [0.4, 0.5) is 0 Å². The van der Waals surface area contributed by atoms with Crippen molar-refractivity contribution >= 4 is 5.91 Å². The van der Waals surface area contributed by atoms with Crippen molar-refractivity contribution in [1.82, 2.24) is 5.32 Å². The Balaban J connectivity index is 1.68. The molecule has 0 saturated heterocycles.